The van der Waals surface area contributed by atoms with Crippen molar-refractivity contribution < 1.29 is 4.74 Å². The summed E-state index contributed by atoms with van der Waals surface area (Å²) in [5.41, 5.74) is 6.01. The predicted octanol–water partition coefficient (Wildman–Crippen LogP) is 3.20. The van der Waals surface area contributed by atoms with Crippen molar-refractivity contribution in [3.05, 3.63) is 76.1 Å². The average Bonchev–Trinajstić information content (AvgIpc) is 2.63. The summed E-state index contributed by atoms with van der Waals surface area (Å²) in [6.07, 6.45) is 1.67. The summed E-state index contributed by atoms with van der Waals surface area (Å²) in [6, 6.07) is 16.7. The fourth-order valence-electron chi connectivity index (χ4n) is 2.24. The number of anilines is 1. The van der Waals surface area contributed by atoms with Gasteiger partial charge >= 0.3 is 0 Å². The number of hydrogen-bond acceptors (Lipinski definition) is 5. The lowest BCUT2D eigenvalue weighted by molar-refractivity contribution is 0.415. The Hall–Kier alpha value is -3.41. The van der Waals surface area contributed by atoms with Crippen LogP contribution in [0.4, 0.5) is 5.95 Å². The molecule has 0 amide bonds. The summed E-state index contributed by atoms with van der Waals surface area (Å²) in [5, 5.41) is 4.12. The molecule has 0 unspecified atom stereocenters. The van der Waals surface area contributed by atoms with Crippen molar-refractivity contribution in [1.82, 2.24) is 9.97 Å². The summed E-state index contributed by atoms with van der Waals surface area (Å²) in [5.74, 6) is 1.02. The minimum absolute atomic E-state index is 0.256. The van der Waals surface area contributed by atoms with E-state index in [1.54, 1.807) is 13.3 Å². The van der Waals surface area contributed by atoms with E-state index in [-0.39, 0.29) is 11.5 Å². The molecule has 0 saturated heterocycles. The minimum Gasteiger partial charge on any atom is -0.497 e. The van der Waals surface area contributed by atoms with Gasteiger partial charge in [-0.15, -0.1) is 0 Å². The van der Waals surface area contributed by atoms with E-state index in [0.717, 1.165) is 16.9 Å². The smallest absolute Gasteiger partial charge is 0.252 e. The van der Waals surface area contributed by atoms with Crippen LogP contribution in [0.2, 0.25) is 0 Å². The van der Waals surface area contributed by atoms with Gasteiger partial charge in [0.2, 0.25) is 5.95 Å². The van der Waals surface area contributed by atoms with Gasteiger partial charge in [-0.2, -0.15) is 5.10 Å². The SMILES string of the molecule is COc1ccc(-c2cc(=O)[nH]c(N/N=C\c3ccc(C)cc3)n2)cc1. The molecule has 25 heavy (non-hydrogen) atoms. The molecule has 0 radical (unpaired) electrons. The monoisotopic (exact) mass is 334 g/mol. The highest BCUT2D eigenvalue weighted by molar-refractivity contribution is 5.80. The van der Waals surface area contributed by atoms with Crippen LogP contribution >= 0.6 is 0 Å². The van der Waals surface area contributed by atoms with Gasteiger partial charge in [-0.05, 0) is 36.8 Å². The average molecular weight is 334 g/mol. The number of aromatic amines is 1. The van der Waals surface area contributed by atoms with Crippen LogP contribution in [-0.4, -0.2) is 23.3 Å². The van der Waals surface area contributed by atoms with Gasteiger partial charge in [-0.25, -0.2) is 10.4 Å². The van der Waals surface area contributed by atoms with Crippen molar-refractivity contribution in [2.24, 2.45) is 5.10 Å². The number of H-pyrrole nitrogens is 1. The first-order valence-electron chi connectivity index (χ1n) is 7.75. The molecule has 0 atom stereocenters. The van der Waals surface area contributed by atoms with Gasteiger partial charge < -0.3 is 4.74 Å². The van der Waals surface area contributed by atoms with Crippen molar-refractivity contribution >= 4 is 12.2 Å². The first-order chi connectivity index (χ1) is 12.1. The largest absolute Gasteiger partial charge is 0.497 e. The zero-order valence-corrected chi connectivity index (χ0v) is 14.0. The van der Waals surface area contributed by atoms with Crippen molar-refractivity contribution in [3.63, 3.8) is 0 Å². The Balaban J connectivity index is 1.79. The third-order valence-corrected chi connectivity index (χ3v) is 3.59. The van der Waals surface area contributed by atoms with Gasteiger partial charge in [-0.1, -0.05) is 29.8 Å². The maximum atomic E-state index is 11.9. The Labute approximate surface area is 145 Å². The highest BCUT2D eigenvalue weighted by Gasteiger charge is 2.04. The molecule has 2 N–H and O–H groups in total. The van der Waals surface area contributed by atoms with E-state index in [1.807, 2.05) is 55.5 Å². The number of methoxy groups -OCH3 is 1. The molecular weight excluding hydrogens is 316 g/mol. The molecule has 3 rings (SSSR count). The van der Waals surface area contributed by atoms with E-state index < -0.39 is 0 Å². The summed E-state index contributed by atoms with van der Waals surface area (Å²) in [4.78, 5) is 18.9. The van der Waals surface area contributed by atoms with Crippen LogP contribution in [-0.2, 0) is 0 Å². The van der Waals surface area contributed by atoms with E-state index in [1.165, 1.54) is 11.6 Å². The van der Waals surface area contributed by atoms with E-state index in [4.69, 9.17) is 4.74 Å². The molecule has 0 aliphatic rings. The topological polar surface area (TPSA) is 79.4 Å². The van der Waals surface area contributed by atoms with Crippen LogP contribution in [0.15, 0.2) is 64.5 Å². The number of hydrogen-bond donors (Lipinski definition) is 2. The zero-order chi connectivity index (χ0) is 17.6. The maximum Gasteiger partial charge on any atom is 0.252 e. The molecule has 0 fully saturated rings. The lowest BCUT2D eigenvalue weighted by Crippen LogP contribution is -2.10. The van der Waals surface area contributed by atoms with Gasteiger partial charge in [0.25, 0.3) is 5.56 Å². The number of hydrazone groups is 1. The van der Waals surface area contributed by atoms with E-state index >= 15 is 0 Å². The van der Waals surface area contributed by atoms with E-state index in [9.17, 15) is 4.79 Å². The zero-order valence-electron chi connectivity index (χ0n) is 14.0. The maximum absolute atomic E-state index is 11.9. The molecule has 3 aromatic rings. The molecule has 6 heteroatoms. The summed E-state index contributed by atoms with van der Waals surface area (Å²) in [7, 11) is 1.61. The first kappa shape index (κ1) is 16.4. The number of nitrogens with one attached hydrogen (secondary N) is 2. The van der Waals surface area contributed by atoms with Crippen molar-refractivity contribution in [1.29, 1.82) is 0 Å². The second-order valence-electron chi connectivity index (χ2n) is 5.49. The molecule has 2 aromatic carbocycles. The summed E-state index contributed by atoms with van der Waals surface area (Å²) < 4.78 is 5.14. The van der Waals surface area contributed by atoms with Crippen LogP contribution in [0, 0.1) is 6.92 Å². The van der Waals surface area contributed by atoms with Crippen LogP contribution in [0.3, 0.4) is 0 Å². The fraction of sp³-hybridized carbons (Fsp3) is 0.105. The van der Waals surface area contributed by atoms with Gasteiger partial charge in [0.05, 0.1) is 19.0 Å². The fourth-order valence-corrected chi connectivity index (χ4v) is 2.24. The Morgan fingerprint density at radius 3 is 2.52 bits per heavy atom. The van der Waals surface area contributed by atoms with Gasteiger partial charge in [0.1, 0.15) is 5.75 Å². The van der Waals surface area contributed by atoms with Crippen LogP contribution in [0.5, 0.6) is 5.75 Å². The Bertz CT molecular complexity index is 929. The third-order valence-electron chi connectivity index (χ3n) is 3.59. The molecule has 0 saturated carbocycles. The lowest BCUT2D eigenvalue weighted by atomic mass is 10.1. The highest BCUT2D eigenvalue weighted by atomic mass is 16.5. The molecule has 0 aliphatic carbocycles. The van der Waals surface area contributed by atoms with Crippen molar-refractivity contribution in [3.8, 4) is 17.0 Å². The molecule has 0 bridgehead atoms. The quantitative estimate of drug-likeness (QED) is 0.555. The molecule has 0 aliphatic heterocycles. The number of benzene rings is 2. The summed E-state index contributed by atoms with van der Waals surface area (Å²) >= 11 is 0. The second kappa shape index (κ2) is 7.44. The van der Waals surface area contributed by atoms with Gasteiger partial charge in [-0.3, -0.25) is 9.78 Å². The van der Waals surface area contributed by atoms with Gasteiger partial charge in [0, 0.05) is 11.6 Å². The molecular formula is C19H18N4O2. The van der Waals surface area contributed by atoms with Crippen LogP contribution in [0.25, 0.3) is 11.3 Å². The number of ether oxygens (including phenoxy) is 1. The normalized spacial score (nSPS) is 10.8. The summed E-state index contributed by atoms with van der Waals surface area (Å²) in [6.45, 7) is 2.03. The molecule has 0 spiro atoms. The van der Waals surface area contributed by atoms with Crippen LogP contribution < -0.4 is 15.7 Å². The first-order valence-corrected chi connectivity index (χ1v) is 7.75. The lowest BCUT2D eigenvalue weighted by Gasteiger charge is -2.05. The number of nitrogens with zero attached hydrogens (tertiary/aromatic N) is 2. The molecule has 1 heterocycles. The van der Waals surface area contributed by atoms with Gasteiger partial charge in [0.15, 0.2) is 0 Å². The number of aryl methyl sites for hydroxylation is 1. The minimum atomic E-state index is -0.256. The number of aromatic nitrogens is 2. The van der Waals surface area contributed by atoms with Crippen LogP contribution in [0.1, 0.15) is 11.1 Å². The molecule has 1 aromatic heterocycles. The molecule has 126 valence electrons. The highest BCUT2D eigenvalue weighted by Crippen LogP contribution is 2.20. The van der Waals surface area contributed by atoms with E-state index in [0.29, 0.717) is 5.69 Å². The number of rotatable bonds is 5. The predicted molar refractivity (Wildman–Crippen MR) is 99.2 cm³/mol. The Morgan fingerprint density at radius 1 is 1.12 bits per heavy atom. The Kier molecular flexibility index (Phi) is 4.89. The second-order valence-corrected chi connectivity index (χ2v) is 5.49. The van der Waals surface area contributed by atoms with Crippen molar-refractivity contribution in [2.75, 3.05) is 12.5 Å². The Morgan fingerprint density at radius 2 is 1.84 bits per heavy atom. The van der Waals surface area contributed by atoms with E-state index in [2.05, 4.69) is 20.5 Å². The van der Waals surface area contributed by atoms with Crippen molar-refractivity contribution in [2.45, 2.75) is 6.92 Å². The standard InChI is InChI=1S/C19H18N4O2/c1-13-3-5-14(6-4-13)12-20-23-19-21-17(11-18(24)22-19)15-7-9-16(25-2)10-8-15/h3-12H,1-2H3,(H2,21,22,23,24)/b20-12-. The molecule has 6 nitrogen and oxygen atoms in total. The third kappa shape index (κ3) is 4.32.